The molecule has 0 saturated heterocycles. The van der Waals surface area contributed by atoms with Crippen LogP contribution in [0.2, 0.25) is 36.3 Å². The largest absolute Gasteiger partial charge is 0.466 e. The van der Waals surface area contributed by atoms with E-state index in [2.05, 4.69) is 93.6 Å². The van der Waals surface area contributed by atoms with Gasteiger partial charge in [0.05, 0.1) is 36.4 Å². The molecule has 1 aliphatic heterocycles. The fourth-order valence-electron chi connectivity index (χ4n) is 7.67. The van der Waals surface area contributed by atoms with Crippen molar-refractivity contribution in [3.8, 4) is 5.88 Å². The van der Waals surface area contributed by atoms with E-state index in [0.29, 0.717) is 70.3 Å². The predicted molar refractivity (Wildman–Crippen MR) is 284 cm³/mol. The highest BCUT2D eigenvalue weighted by Gasteiger charge is 2.46. The van der Waals surface area contributed by atoms with Crippen LogP contribution in [0.4, 0.5) is 29.7 Å². The molecule has 0 bridgehead atoms. The third kappa shape index (κ3) is 19.1. The fourth-order valence-corrected chi connectivity index (χ4v) is 9.81. The molecule has 3 heterocycles. The Bertz CT molecular complexity index is 2230. The third-order valence-electron chi connectivity index (χ3n) is 13.8. The summed E-state index contributed by atoms with van der Waals surface area (Å²) in [5.74, 6) is -1.07. The van der Waals surface area contributed by atoms with Crippen molar-refractivity contribution in [2.45, 2.75) is 205 Å². The summed E-state index contributed by atoms with van der Waals surface area (Å²) in [5.41, 5.74) is -2.16. The number of nitrogens with zero attached hydrogens (tertiary/aromatic N) is 2. The minimum absolute atomic E-state index is 0.000618. The Morgan fingerprint density at radius 2 is 1.22 bits per heavy atom. The van der Waals surface area contributed by atoms with Gasteiger partial charge in [-0.05, 0) is 141 Å². The number of anilines is 2. The first kappa shape index (κ1) is 62.5. The Balaban J connectivity index is 0.000000349. The summed E-state index contributed by atoms with van der Waals surface area (Å²) in [6.07, 6.45) is 6.32. The molecule has 2 aromatic rings. The summed E-state index contributed by atoms with van der Waals surface area (Å²) in [5, 5.41) is 8.94. The lowest BCUT2D eigenvalue weighted by Gasteiger charge is -2.46. The van der Waals surface area contributed by atoms with Crippen molar-refractivity contribution in [3.05, 3.63) is 46.5 Å². The lowest BCUT2D eigenvalue weighted by atomic mass is 9.79. The molecule has 16 nitrogen and oxygen atoms in total. The van der Waals surface area contributed by atoms with Gasteiger partial charge in [0.15, 0.2) is 23.2 Å². The predicted octanol–water partition coefficient (Wildman–Crippen LogP) is 11.3. The fraction of sp³-hybridized carbons (Fsp3) is 0.720. The number of halogens is 4. The van der Waals surface area contributed by atoms with Gasteiger partial charge in [-0.15, -0.1) is 11.6 Å². The topological polar surface area (TPSA) is 200 Å². The Kier molecular flexibility index (Phi) is 21.4. The van der Waals surface area contributed by atoms with Gasteiger partial charge in [-0.25, -0.2) is 23.4 Å². The van der Waals surface area contributed by atoms with E-state index in [0.717, 1.165) is 12.4 Å². The first-order chi connectivity index (χ1) is 32.8. The van der Waals surface area contributed by atoms with Gasteiger partial charge in [-0.1, -0.05) is 41.5 Å². The second-order valence-electron chi connectivity index (χ2n) is 24.1. The number of pyridine rings is 2. The molecule has 2 fully saturated rings. The zero-order chi connectivity index (χ0) is 54.9. The number of carbonyl (C=O) groups excluding carboxylic acids is 4. The molecule has 72 heavy (non-hydrogen) atoms. The lowest BCUT2D eigenvalue weighted by molar-refractivity contribution is -0.122. The second-order valence-corrected chi connectivity index (χ2v) is 34.4. The number of alkyl carbamates (subject to hydrolysis) is 2. The van der Waals surface area contributed by atoms with Crippen molar-refractivity contribution >= 4 is 74.5 Å². The van der Waals surface area contributed by atoms with Gasteiger partial charge >= 0.3 is 12.2 Å². The average molecular weight is 1090 g/mol. The standard InChI is InChI=1S/C25H40FN3O5Si.C23H40FN3O4Si.C2H2Cl2O/c1-23(2,3)34-22(31)28-25(16-33-35(7,8)24(4,5)6)11-9-18(10-12-25)29-19-13-17(26)14-27-21(19)32-15-20(29)30;1-21(2,3)31-20(29)27-23(15-30-32(7,8)22(4,5)6)11-9-17(10-12-23)26-18-13-16(24)14-25-19(18)28;3-1-2(4)5/h13-14,18H,9-12,15-16H2,1-8H3,(H,28,31);13-14,17,26H,9-12,15H2,1-8H3,(H,25,28)(H,27,29);1H2. The van der Waals surface area contributed by atoms with E-state index in [1.165, 1.54) is 12.1 Å². The Hall–Kier alpha value is -3.83. The molecule has 3 aliphatic rings. The van der Waals surface area contributed by atoms with Crippen molar-refractivity contribution in [2.75, 3.05) is 35.9 Å². The zero-order valence-corrected chi connectivity index (χ0v) is 49.0. The average Bonchev–Trinajstić information content (AvgIpc) is 3.23. The maximum absolute atomic E-state index is 13.9. The van der Waals surface area contributed by atoms with Crippen LogP contribution in [0.1, 0.15) is 134 Å². The van der Waals surface area contributed by atoms with E-state index in [1.807, 2.05) is 41.5 Å². The number of hydrogen-bond donors (Lipinski definition) is 4. The Morgan fingerprint density at radius 1 is 0.778 bits per heavy atom. The minimum Gasteiger partial charge on any atom is -0.466 e. The van der Waals surface area contributed by atoms with E-state index in [1.54, 1.807) is 4.90 Å². The molecule has 0 spiro atoms. The number of rotatable bonds is 12. The van der Waals surface area contributed by atoms with Crippen molar-refractivity contribution in [1.82, 2.24) is 20.6 Å². The molecule has 0 unspecified atom stereocenters. The van der Waals surface area contributed by atoms with Gasteiger partial charge in [0.1, 0.15) is 34.2 Å². The number of amides is 3. The third-order valence-corrected chi connectivity index (χ3v) is 23.2. The summed E-state index contributed by atoms with van der Waals surface area (Å²) in [4.78, 5) is 67.6. The van der Waals surface area contributed by atoms with Crippen LogP contribution in [0, 0.1) is 11.6 Å². The first-order valence-corrected chi connectivity index (χ1v) is 31.3. The van der Waals surface area contributed by atoms with Gasteiger partial charge in [-0.3, -0.25) is 14.4 Å². The molecule has 3 amide bonds. The molecule has 408 valence electrons. The quantitative estimate of drug-likeness (QED) is 0.0892. The summed E-state index contributed by atoms with van der Waals surface area (Å²) in [6, 6.07) is 2.34. The lowest BCUT2D eigenvalue weighted by Crippen LogP contribution is -2.59. The molecular weight excluding hydrogens is 1010 g/mol. The monoisotopic (exact) mass is 1090 g/mol. The number of carbonyl (C=O) groups is 4. The molecule has 0 atom stereocenters. The van der Waals surface area contributed by atoms with Crippen LogP contribution in [-0.4, -0.2) is 110 Å². The minimum atomic E-state index is -2.07. The van der Waals surface area contributed by atoms with Gasteiger partial charge in [0, 0.05) is 30.4 Å². The number of fused-ring (bicyclic) bond motifs is 1. The van der Waals surface area contributed by atoms with E-state index in [4.69, 9.17) is 46.3 Å². The maximum atomic E-state index is 13.9. The number of aromatic amines is 1. The summed E-state index contributed by atoms with van der Waals surface area (Å²) < 4.78 is 57.0. The van der Waals surface area contributed by atoms with Crippen molar-refractivity contribution in [2.24, 2.45) is 0 Å². The van der Waals surface area contributed by atoms with Crippen LogP contribution in [0.15, 0.2) is 29.3 Å². The van der Waals surface area contributed by atoms with Crippen molar-refractivity contribution < 1.29 is 51.0 Å². The molecule has 5 rings (SSSR count). The van der Waals surface area contributed by atoms with Gasteiger partial charge in [-0.2, -0.15) is 0 Å². The number of H-pyrrole nitrogens is 1. The van der Waals surface area contributed by atoms with E-state index in [-0.39, 0.29) is 57.7 Å². The van der Waals surface area contributed by atoms with Crippen LogP contribution in [-0.2, 0) is 27.9 Å². The number of hydrogen-bond acceptors (Lipinski definition) is 12. The highest BCUT2D eigenvalue weighted by Crippen LogP contribution is 2.42. The Labute approximate surface area is 437 Å². The molecule has 0 radical (unpaired) electrons. The molecule has 2 saturated carbocycles. The van der Waals surface area contributed by atoms with Crippen LogP contribution in [0.25, 0.3) is 0 Å². The van der Waals surface area contributed by atoms with Gasteiger partial charge in [0.2, 0.25) is 11.1 Å². The van der Waals surface area contributed by atoms with Crippen LogP contribution in [0.3, 0.4) is 0 Å². The van der Waals surface area contributed by atoms with Gasteiger partial charge < -0.3 is 48.9 Å². The van der Waals surface area contributed by atoms with Crippen molar-refractivity contribution in [3.63, 3.8) is 0 Å². The molecule has 2 aromatic heterocycles. The molecule has 0 aromatic carbocycles. The van der Waals surface area contributed by atoms with Crippen LogP contribution < -0.4 is 31.1 Å². The molecule has 4 N–H and O–H groups in total. The number of aromatic nitrogens is 2. The molecule has 2 aliphatic carbocycles. The van der Waals surface area contributed by atoms with Crippen LogP contribution in [0.5, 0.6) is 5.88 Å². The number of nitrogens with one attached hydrogen (secondary N) is 4. The Morgan fingerprint density at radius 3 is 1.64 bits per heavy atom. The molecular formula is C50H82Cl2F2N6O10Si2. The van der Waals surface area contributed by atoms with Gasteiger partial charge in [0.25, 0.3) is 11.5 Å². The SMILES string of the molecule is CC(C)(C)OC(=O)NC1(CO[Si](C)(C)C(C)(C)C)CCC(N2C(=O)COc3ncc(F)cc32)CC1.CC(C)(C)OC(=O)NC1(CO[Si](C)(C)C(C)(C)C)CCC(Nc2cc(F)c[nH]c2=O)CC1.O=C(Cl)CCl. The first-order valence-electron chi connectivity index (χ1n) is 24.6. The summed E-state index contributed by atoms with van der Waals surface area (Å²) in [6.45, 7) is 33.5. The normalized spacial score (nSPS) is 21.8. The maximum Gasteiger partial charge on any atom is 0.408 e. The number of alkyl halides is 1. The van der Waals surface area contributed by atoms with E-state index < -0.39 is 68.0 Å². The summed E-state index contributed by atoms with van der Waals surface area (Å²) >= 11 is 9.55. The van der Waals surface area contributed by atoms with E-state index >= 15 is 0 Å². The van der Waals surface area contributed by atoms with Crippen LogP contribution >= 0.6 is 23.2 Å². The summed E-state index contributed by atoms with van der Waals surface area (Å²) in [7, 11) is -4.09. The number of ether oxygens (including phenoxy) is 3. The van der Waals surface area contributed by atoms with E-state index in [9.17, 15) is 32.8 Å². The smallest absolute Gasteiger partial charge is 0.408 e. The molecule has 22 heteroatoms. The van der Waals surface area contributed by atoms with Crippen molar-refractivity contribution in [1.29, 1.82) is 0 Å². The highest BCUT2D eigenvalue weighted by atomic mass is 35.5. The second kappa shape index (κ2) is 24.7. The zero-order valence-electron chi connectivity index (χ0n) is 45.4. The highest BCUT2D eigenvalue weighted by molar-refractivity contribution is 6.74.